The zero-order chi connectivity index (χ0) is 13.1. The molecule has 0 N–H and O–H groups in total. The molecule has 0 fully saturated rings. The maximum atomic E-state index is 9.09. The van der Waals surface area contributed by atoms with Crippen molar-refractivity contribution in [3.63, 3.8) is 0 Å². The second-order valence-corrected chi connectivity index (χ2v) is 4.24. The minimum absolute atomic E-state index is 0.527. The van der Waals surface area contributed by atoms with Crippen LogP contribution in [0.15, 0.2) is 30.6 Å². The standard InChI is InChI=1S/C14H11ClN2O/c1-9-5-14(18-2)13(15)6-12(9)11-3-4-17-8-10(11)7-16/h3-6,8H,1-2H3. The molecule has 3 nitrogen and oxygen atoms in total. The van der Waals surface area contributed by atoms with Gasteiger partial charge in [-0.05, 0) is 36.2 Å². The second-order valence-electron chi connectivity index (χ2n) is 3.83. The number of hydrogen-bond acceptors (Lipinski definition) is 3. The van der Waals surface area contributed by atoms with Gasteiger partial charge in [-0.1, -0.05) is 11.6 Å². The van der Waals surface area contributed by atoms with Crippen LogP contribution in [0, 0.1) is 18.3 Å². The van der Waals surface area contributed by atoms with Crippen LogP contribution in [0.5, 0.6) is 5.75 Å². The van der Waals surface area contributed by atoms with Crippen molar-refractivity contribution >= 4 is 11.6 Å². The Bertz CT molecular complexity index is 632. The Kier molecular flexibility index (Phi) is 3.50. The first-order chi connectivity index (χ1) is 8.67. The largest absolute Gasteiger partial charge is 0.495 e. The van der Waals surface area contributed by atoms with E-state index in [-0.39, 0.29) is 0 Å². The number of benzene rings is 1. The molecule has 0 saturated heterocycles. The summed E-state index contributed by atoms with van der Waals surface area (Å²) in [5.74, 6) is 0.630. The Morgan fingerprint density at radius 1 is 1.33 bits per heavy atom. The fourth-order valence-corrected chi connectivity index (χ4v) is 2.06. The number of nitrogens with zero attached hydrogens (tertiary/aromatic N) is 2. The topological polar surface area (TPSA) is 45.9 Å². The molecule has 0 aliphatic heterocycles. The van der Waals surface area contributed by atoms with Crippen LogP contribution in [-0.2, 0) is 0 Å². The summed E-state index contributed by atoms with van der Waals surface area (Å²) >= 11 is 6.12. The fourth-order valence-electron chi connectivity index (χ4n) is 1.82. The lowest BCUT2D eigenvalue weighted by Crippen LogP contribution is -1.92. The molecule has 0 aliphatic rings. The molecule has 0 saturated carbocycles. The van der Waals surface area contributed by atoms with E-state index in [1.54, 1.807) is 19.5 Å². The van der Waals surface area contributed by atoms with E-state index in [4.69, 9.17) is 21.6 Å². The average Bonchev–Trinajstić information content (AvgIpc) is 2.41. The molecule has 0 bridgehead atoms. The lowest BCUT2D eigenvalue weighted by molar-refractivity contribution is 0.415. The number of rotatable bonds is 2. The van der Waals surface area contributed by atoms with E-state index in [0.717, 1.165) is 16.7 Å². The third kappa shape index (κ3) is 2.15. The molecule has 0 amide bonds. The maximum Gasteiger partial charge on any atom is 0.137 e. The quantitative estimate of drug-likeness (QED) is 0.827. The maximum absolute atomic E-state index is 9.09. The van der Waals surface area contributed by atoms with Gasteiger partial charge in [0.1, 0.15) is 11.8 Å². The zero-order valence-corrected chi connectivity index (χ0v) is 10.8. The highest BCUT2D eigenvalue weighted by molar-refractivity contribution is 6.32. The molecule has 0 unspecified atom stereocenters. The van der Waals surface area contributed by atoms with E-state index in [1.165, 1.54) is 0 Å². The SMILES string of the molecule is COc1cc(C)c(-c2ccncc2C#N)cc1Cl. The van der Waals surface area contributed by atoms with Gasteiger partial charge in [-0.3, -0.25) is 4.98 Å². The predicted octanol–water partition coefficient (Wildman–Crippen LogP) is 3.59. The Morgan fingerprint density at radius 2 is 2.11 bits per heavy atom. The molecule has 2 aromatic rings. The highest BCUT2D eigenvalue weighted by Gasteiger charge is 2.11. The number of aryl methyl sites for hydroxylation is 1. The Hall–Kier alpha value is -2.05. The van der Waals surface area contributed by atoms with Crippen molar-refractivity contribution in [1.82, 2.24) is 4.98 Å². The summed E-state index contributed by atoms with van der Waals surface area (Å²) in [5.41, 5.74) is 3.27. The van der Waals surface area contributed by atoms with Crippen molar-refractivity contribution in [3.05, 3.63) is 46.7 Å². The molecule has 90 valence electrons. The van der Waals surface area contributed by atoms with E-state index in [0.29, 0.717) is 16.3 Å². The van der Waals surface area contributed by atoms with Crippen LogP contribution < -0.4 is 4.74 Å². The zero-order valence-electron chi connectivity index (χ0n) is 10.1. The third-order valence-electron chi connectivity index (χ3n) is 2.73. The van der Waals surface area contributed by atoms with E-state index < -0.39 is 0 Å². The summed E-state index contributed by atoms with van der Waals surface area (Å²) in [5, 5.41) is 9.62. The number of hydrogen-bond donors (Lipinski definition) is 0. The molecule has 1 aromatic carbocycles. The van der Waals surface area contributed by atoms with Crippen molar-refractivity contribution in [2.45, 2.75) is 6.92 Å². The van der Waals surface area contributed by atoms with Gasteiger partial charge in [-0.15, -0.1) is 0 Å². The molecule has 2 rings (SSSR count). The Labute approximate surface area is 111 Å². The van der Waals surface area contributed by atoms with Crippen LogP contribution in [0.2, 0.25) is 5.02 Å². The first-order valence-electron chi connectivity index (χ1n) is 5.36. The highest BCUT2D eigenvalue weighted by Crippen LogP contribution is 2.34. The molecule has 0 atom stereocenters. The van der Waals surface area contributed by atoms with Gasteiger partial charge in [0.05, 0.1) is 17.7 Å². The molecule has 4 heteroatoms. The van der Waals surface area contributed by atoms with Crippen LogP contribution >= 0.6 is 11.6 Å². The number of methoxy groups -OCH3 is 1. The van der Waals surface area contributed by atoms with Gasteiger partial charge in [-0.25, -0.2) is 0 Å². The summed E-state index contributed by atoms with van der Waals surface area (Å²) in [6.45, 7) is 1.95. The van der Waals surface area contributed by atoms with Crippen molar-refractivity contribution in [1.29, 1.82) is 5.26 Å². The third-order valence-corrected chi connectivity index (χ3v) is 3.03. The molecular formula is C14H11ClN2O. The van der Waals surface area contributed by atoms with Crippen molar-refractivity contribution < 1.29 is 4.74 Å². The molecule has 0 spiro atoms. The van der Waals surface area contributed by atoms with Crippen LogP contribution in [0.4, 0.5) is 0 Å². The van der Waals surface area contributed by atoms with Crippen LogP contribution in [0.3, 0.4) is 0 Å². The lowest BCUT2D eigenvalue weighted by Gasteiger charge is -2.11. The van der Waals surface area contributed by atoms with Crippen LogP contribution in [0.1, 0.15) is 11.1 Å². The summed E-state index contributed by atoms with van der Waals surface area (Å²) in [4.78, 5) is 3.95. The van der Waals surface area contributed by atoms with Gasteiger partial charge in [0.25, 0.3) is 0 Å². The number of ether oxygens (including phenoxy) is 1. The van der Waals surface area contributed by atoms with Gasteiger partial charge >= 0.3 is 0 Å². The van der Waals surface area contributed by atoms with Crippen molar-refractivity contribution in [2.75, 3.05) is 7.11 Å². The minimum Gasteiger partial charge on any atom is -0.495 e. The van der Waals surface area contributed by atoms with E-state index in [9.17, 15) is 0 Å². The van der Waals surface area contributed by atoms with E-state index >= 15 is 0 Å². The second kappa shape index (κ2) is 5.07. The lowest BCUT2D eigenvalue weighted by atomic mass is 9.98. The van der Waals surface area contributed by atoms with Crippen molar-refractivity contribution in [3.8, 4) is 22.9 Å². The molecule has 0 aliphatic carbocycles. The van der Waals surface area contributed by atoms with Gasteiger partial charge < -0.3 is 4.74 Å². The average molecular weight is 259 g/mol. The minimum atomic E-state index is 0.527. The molecule has 1 heterocycles. The smallest absolute Gasteiger partial charge is 0.137 e. The molecule has 1 aromatic heterocycles. The Morgan fingerprint density at radius 3 is 2.78 bits per heavy atom. The summed E-state index contributed by atoms with van der Waals surface area (Å²) in [6.07, 6.45) is 3.21. The van der Waals surface area contributed by atoms with Crippen molar-refractivity contribution in [2.24, 2.45) is 0 Å². The molecule has 0 radical (unpaired) electrons. The summed E-state index contributed by atoms with van der Waals surface area (Å²) < 4.78 is 5.16. The fraction of sp³-hybridized carbons (Fsp3) is 0.143. The monoisotopic (exact) mass is 258 g/mol. The first-order valence-corrected chi connectivity index (χ1v) is 5.73. The predicted molar refractivity (Wildman–Crippen MR) is 70.7 cm³/mol. The Balaban J connectivity index is 2.65. The van der Waals surface area contributed by atoms with Gasteiger partial charge in [-0.2, -0.15) is 5.26 Å². The number of aromatic nitrogens is 1. The summed E-state index contributed by atoms with van der Waals surface area (Å²) in [6, 6.07) is 7.61. The number of nitriles is 1. The van der Waals surface area contributed by atoms with Gasteiger partial charge in [0.15, 0.2) is 0 Å². The van der Waals surface area contributed by atoms with Gasteiger partial charge in [0.2, 0.25) is 0 Å². The van der Waals surface area contributed by atoms with Crippen LogP contribution in [-0.4, -0.2) is 12.1 Å². The highest BCUT2D eigenvalue weighted by atomic mass is 35.5. The first kappa shape index (κ1) is 12.4. The summed E-state index contributed by atoms with van der Waals surface area (Å²) in [7, 11) is 1.58. The normalized spacial score (nSPS) is 9.89. The number of halogens is 1. The van der Waals surface area contributed by atoms with Crippen LogP contribution in [0.25, 0.3) is 11.1 Å². The molecule has 18 heavy (non-hydrogen) atoms. The van der Waals surface area contributed by atoms with E-state index in [1.807, 2.05) is 25.1 Å². The number of pyridine rings is 1. The van der Waals surface area contributed by atoms with Gasteiger partial charge in [0, 0.05) is 18.0 Å². The van der Waals surface area contributed by atoms with E-state index in [2.05, 4.69) is 11.1 Å². The molecular weight excluding hydrogens is 248 g/mol.